The smallest absolute Gasteiger partial charge is 0.243 e. The van der Waals surface area contributed by atoms with Gasteiger partial charge in [0, 0.05) is 22.2 Å². The monoisotopic (exact) mass is 506 g/mol. The number of nitrogens with zero attached hydrogens (tertiary/aromatic N) is 1. The van der Waals surface area contributed by atoms with Crippen molar-refractivity contribution in [3.8, 4) is 5.75 Å². The van der Waals surface area contributed by atoms with Crippen molar-refractivity contribution in [2.24, 2.45) is 0 Å². The first-order valence-electron chi connectivity index (χ1n) is 10.1. The highest BCUT2D eigenvalue weighted by atomic mass is 35.5. The van der Waals surface area contributed by atoms with Crippen LogP contribution in [-0.4, -0.2) is 32.3 Å². The van der Waals surface area contributed by atoms with E-state index in [1.165, 1.54) is 19.2 Å². The number of aryl methyl sites for hydroxylation is 2. The molecule has 174 valence electrons. The van der Waals surface area contributed by atoms with Gasteiger partial charge in [0.25, 0.3) is 0 Å². The first-order chi connectivity index (χ1) is 15.6. The fraction of sp³-hybridized carbons (Fsp3) is 0.208. The van der Waals surface area contributed by atoms with Gasteiger partial charge in [-0.3, -0.25) is 4.79 Å². The molecule has 0 atom stereocenters. The third kappa shape index (κ3) is 6.06. The molecule has 1 N–H and O–H groups in total. The summed E-state index contributed by atoms with van der Waals surface area (Å²) in [7, 11) is -2.54. The van der Waals surface area contributed by atoms with Gasteiger partial charge in [-0.2, -0.15) is 4.31 Å². The zero-order valence-corrected chi connectivity index (χ0v) is 20.8. The lowest BCUT2D eigenvalue weighted by atomic mass is 10.2. The first kappa shape index (κ1) is 25.1. The minimum absolute atomic E-state index is 0.0669. The molecule has 0 bridgehead atoms. The molecule has 0 aliphatic rings. The highest BCUT2D eigenvalue weighted by Gasteiger charge is 2.28. The van der Waals surface area contributed by atoms with Crippen molar-refractivity contribution in [1.82, 2.24) is 4.31 Å². The number of anilines is 1. The number of carbonyl (C=O) groups is 1. The van der Waals surface area contributed by atoms with E-state index in [2.05, 4.69) is 5.32 Å². The van der Waals surface area contributed by atoms with E-state index in [-0.39, 0.29) is 11.4 Å². The van der Waals surface area contributed by atoms with E-state index in [4.69, 9.17) is 27.9 Å². The van der Waals surface area contributed by atoms with Crippen LogP contribution in [0.5, 0.6) is 5.75 Å². The highest BCUT2D eigenvalue weighted by Crippen LogP contribution is 2.29. The first-order valence-corrected chi connectivity index (χ1v) is 12.3. The number of hydrogen-bond donors (Lipinski definition) is 1. The Morgan fingerprint density at radius 2 is 1.58 bits per heavy atom. The Bertz CT molecular complexity index is 1240. The van der Waals surface area contributed by atoms with Crippen molar-refractivity contribution in [3.63, 3.8) is 0 Å². The van der Waals surface area contributed by atoms with Crippen molar-refractivity contribution in [2.45, 2.75) is 25.3 Å². The molecule has 0 spiro atoms. The van der Waals surface area contributed by atoms with Crippen LogP contribution in [0.4, 0.5) is 5.69 Å². The molecule has 3 rings (SSSR count). The highest BCUT2D eigenvalue weighted by molar-refractivity contribution is 7.89. The fourth-order valence-corrected chi connectivity index (χ4v) is 5.10. The number of carbonyl (C=O) groups excluding carboxylic acids is 1. The maximum atomic E-state index is 13.5. The largest absolute Gasteiger partial charge is 0.495 e. The SMILES string of the molecule is COc1ccc(C)cc1NC(=O)CN(Cc1c(Cl)cccc1Cl)S(=O)(=O)c1ccc(C)cc1. The lowest BCUT2D eigenvalue weighted by molar-refractivity contribution is -0.116. The molecule has 0 radical (unpaired) electrons. The molecular formula is C24H24Cl2N2O4S. The molecule has 0 saturated carbocycles. The van der Waals surface area contributed by atoms with E-state index in [1.54, 1.807) is 42.5 Å². The zero-order valence-electron chi connectivity index (χ0n) is 18.4. The topological polar surface area (TPSA) is 75.7 Å². The molecule has 0 aliphatic carbocycles. The predicted molar refractivity (Wildman–Crippen MR) is 132 cm³/mol. The normalized spacial score (nSPS) is 11.5. The number of benzene rings is 3. The van der Waals surface area contributed by atoms with Gasteiger partial charge in [0.05, 0.1) is 24.2 Å². The van der Waals surface area contributed by atoms with Gasteiger partial charge in [0.1, 0.15) is 5.75 Å². The molecule has 6 nitrogen and oxygen atoms in total. The Labute approximate surface area is 204 Å². The Morgan fingerprint density at radius 1 is 0.970 bits per heavy atom. The van der Waals surface area contributed by atoms with Crippen LogP contribution in [0.2, 0.25) is 10.0 Å². The third-order valence-electron chi connectivity index (χ3n) is 5.00. The van der Waals surface area contributed by atoms with Gasteiger partial charge in [0.2, 0.25) is 15.9 Å². The van der Waals surface area contributed by atoms with Crippen LogP contribution in [-0.2, 0) is 21.4 Å². The summed E-state index contributed by atoms with van der Waals surface area (Å²) in [5.41, 5.74) is 2.69. The summed E-state index contributed by atoms with van der Waals surface area (Å²) >= 11 is 12.6. The Hall–Kier alpha value is -2.58. The number of methoxy groups -OCH3 is 1. The second-order valence-electron chi connectivity index (χ2n) is 7.54. The molecule has 1 amide bonds. The standard InChI is InChI=1S/C24H24Cl2N2O4S/c1-16-7-10-18(11-8-16)33(30,31)28(14-19-20(25)5-4-6-21(19)26)15-24(29)27-22-13-17(2)9-12-23(22)32-3/h4-13H,14-15H2,1-3H3,(H,27,29). The average Bonchev–Trinajstić information content (AvgIpc) is 2.76. The van der Waals surface area contributed by atoms with E-state index >= 15 is 0 Å². The number of ether oxygens (including phenoxy) is 1. The van der Waals surface area contributed by atoms with E-state index in [0.29, 0.717) is 27.0 Å². The molecule has 0 aliphatic heterocycles. The summed E-state index contributed by atoms with van der Waals surface area (Å²) in [6.07, 6.45) is 0. The lowest BCUT2D eigenvalue weighted by Gasteiger charge is -2.23. The summed E-state index contributed by atoms with van der Waals surface area (Å²) in [5, 5.41) is 3.37. The Morgan fingerprint density at radius 3 is 2.18 bits per heavy atom. The fourth-order valence-electron chi connectivity index (χ4n) is 3.21. The van der Waals surface area contributed by atoms with Gasteiger partial charge >= 0.3 is 0 Å². The van der Waals surface area contributed by atoms with Crippen LogP contribution < -0.4 is 10.1 Å². The van der Waals surface area contributed by atoms with E-state index in [1.807, 2.05) is 19.9 Å². The van der Waals surface area contributed by atoms with Crippen LogP contribution in [0.25, 0.3) is 0 Å². The van der Waals surface area contributed by atoms with Crippen molar-refractivity contribution in [1.29, 1.82) is 0 Å². The summed E-state index contributed by atoms with van der Waals surface area (Å²) in [6, 6.07) is 16.7. The summed E-state index contributed by atoms with van der Waals surface area (Å²) in [6.45, 7) is 3.12. The van der Waals surface area contributed by atoms with Crippen LogP contribution in [0.1, 0.15) is 16.7 Å². The van der Waals surface area contributed by atoms with Crippen molar-refractivity contribution >= 4 is 44.8 Å². The van der Waals surface area contributed by atoms with Crippen LogP contribution in [0, 0.1) is 13.8 Å². The van der Waals surface area contributed by atoms with Gasteiger partial charge in [0.15, 0.2) is 0 Å². The molecule has 0 saturated heterocycles. The number of sulfonamides is 1. The van der Waals surface area contributed by atoms with E-state index in [9.17, 15) is 13.2 Å². The van der Waals surface area contributed by atoms with Crippen LogP contribution in [0.15, 0.2) is 65.6 Å². The number of amides is 1. The Kier molecular flexibility index (Phi) is 8.02. The molecule has 0 fully saturated rings. The quantitative estimate of drug-likeness (QED) is 0.440. The molecule has 3 aromatic carbocycles. The van der Waals surface area contributed by atoms with E-state index in [0.717, 1.165) is 15.4 Å². The maximum Gasteiger partial charge on any atom is 0.243 e. The molecule has 0 heterocycles. The third-order valence-corrected chi connectivity index (χ3v) is 7.52. The number of hydrogen-bond acceptors (Lipinski definition) is 4. The molecule has 0 aromatic heterocycles. The summed E-state index contributed by atoms with van der Waals surface area (Å²) in [5.74, 6) is -0.0613. The van der Waals surface area contributed by atoms with Gasteiger partial charge in [-0.15, -0.1) is 0 Å². The second kappa shape index (κ2) is 10.6. The molecule has 33 heavy (non-hydrogen) atoms. The molecule has 3 aromatic rings. The Balaban J connectivity index is 1.95. The van der Waals surface area contributed by atoms with Gasteiger partial charge in [-0.25, -0.2) is 8.42 Å². The predicted octanol–water partition coefficient (Wildman–Crippen LogP) is 5.45. The molecule has 9 heteroatoms. The molecular weight excluding hydrogens is 483 g/mol. The maximum absolute atomic E-state index is 13.5. The van der Waals surface area contributed by atoms with Crippen LogP contribution in [0.3, 0.4) is 0 Å². The number of nitrogens with one attached hydrogen (secondary N) is 1. The van der Waals surface area contributed by atoms with Crippen molar-refractivity contribution < 1.29 is 17.9 Å². The molecule has 0 unspecified atom stereocenters. The van der Waals surface area contributed by atoms with Gasteiger partial charge < -0.3 is 10.1 Å². The minimum atomic E-state index is -4.04. The van der Waals surface area contributed by atoms with Gasteiger partial charge in [-0.1, -0.05) is 53.0 Å². The number of halogens is 2. The van der Waals surface area contributed by atoms with Gasteiger partial charge in [-0.05, 0) is 55.8 Å². The second-order valence-corrected chi connectivity index (χ2v) is 10.3. The number of rotatable bonds is 8. The average molecular weight is 507 g/mol. The lowest BCUT2D eigenvalue weighted by Crippen LogP contribution is -2.37. The summed E-state index contributed by atoms with van der Waals surface area (Å²) in [4.78, 5) is 13.0. The zero-order chi connectivity index (χ0) is 24.2. The van der Waals surface area contributed by atoms with Crippen LogP contribution >= 0.6 is 23.2 Å². The summed E-state index contributed by atoms with van der Waals surface area (Å²) < 4.78 is 33.3. The van der Waals surface area contributed by atoms with Crippen molar-refractivity contribution in [2.75, 3.05) is 19.0 Å². The van der Waals surface area contributed by atoms with Crippen molar-refractivity contribution in [3.05, 3.63) is 87.4 Å². The van der Waals surface area contributed by atoms with E-state index < -0.39 is 22.5 Å². The minimum Gasteiger partial charge on any atom is -0.495 e.